The SMILES string of the molecule is O=C(NC1CCCCC1)N1CCCN(c2ccccc2)CC1. The summed E-state index contributed by atoms with van der Waals surface area (Å²) in [5.74, 6) is 0. The van der Waals surface area contributed by atoms with Crippen molar-refractivity contribution >= 4 is 11.7 Å². The zero-order valence-electron chi connectivity index (χ0n) is 13.3. The minimum absolute atomic E-state index is 0.141. The molecule has 2 fully saturated rings. The zero-order valence-corrected chi connectivity index (χ0v) is 13.3. The fraction of sp³-hybridized carbons (Fsp3) is 0.611. The van der Waals surface area contributed by atoms with Gasteiger partial charge in [-0.05, 0) is 31.4 Å². The van der Waals surface area contributed by atoms with Gasteiger partial charge in [-0.3, -0.25) is 0 Å². The second-order valence-electron chi connectivity index (χ2n) is 6.45. The van der Waals surface area contributed by atoms with Crippen LogP contribution in [0.2, 0.25) is 0 Å². The maximum atomic E-state index is 12.5. The summed E-state index contributed by atoms with van der Waals surface area (Å²) in [6.07, 6.45) is 7.17. The Kier molecular flexibility index (Phi) is 5.20. The van der Waals surface area contributed by atoms with E-state index in [1.165, 1.54) is 24.9 Å². The van der Waals surface area contributed by atoms with Crippen LogP contribution in [0.3, 0.4) is 0 Å². The van der Waals surface area contributed by atoms with Crippen molar-refractivity contribution in [2.75, 3.05) is 31.1 Å². The molecular weight excluding hydrogens is 274 g/mol. The van der Waals surface area contributed by atoms with Crippen LogP contribution in [0.1, 0.15) is 38.5 Å². The molecule has 1 heterocycles. The lowest BCUT2D eigenvalue weighted by Crippen LogP contribution is -2.46. The van der Waals surface area contributed by atoms with Gasteiger partial charge in [0.25, 0.3) is 0 Å². The number of hydrogen-bond acceptors (Lipinski definition) is 2. The lowest BCUT2D eigenvalue weighted by atomic mass is 9.96. The number of nitrogens with zero attached hydrogens (tertiary/aromatic N) is 2. The number of hydrogen-bond donors (Lipinski definition) is 1. The summed E-state index contributed by atoms with van der Waals surface area (Å²) in [6.45, 7) is 3.62. The molecule has 1 aromatic rings. The molecule has 0 aromatic heterocycles. The topological polar surface area (TPSA) is 35.6 Å². The molecule has 4 heteroatoms. The Balaban J connectivity index is 1.52. The van der Waals surface area contributed by atoms with Gasteiger partial charge in [0.2, 0.25) is 0 Å². The Bertz CT molecular complexity index is 470. The number of rotatable bonds is 2. The van der Waals surface area contributed by atoms with E-state index in [0.29, 0.717) is 6.04 Å². The van der Waals surface area contributed by atoms with E-state index >= 15 is 0 Å². The predicted octanol–water partition coefficient (Wildman–Crippen LogP) is 3.24. The average Bonchev–Trinajstić information content (AvgIpc) is 2.83. The van der Waals surface area contributed by atoms with E-state index in [0.717, 1.165) is 45.4 Å². The van der Waals surface area contributed by atoms with Crippen LogP contribution in [0, 0.1) is 0 Å². The molecule has 0 spiro atoms. The van der Waals surface area contributed by atoms with Crippen LogP contribution in [0.15, 0.2) is 30.3 Å². The monoisotopic (exact) mass is 301 g/mol. The molecule has 4 nitrogen and oxygen atoms in total. The molecule has 0 unspecified atom stereocenters. The van der Waals surface area contributed by atoms with Crippen molar-refractivity contribution < 1.29 is 4.79 Å². The number of amides is 2. The van der Waals surface area contributed by atoms with Crippen LogP contribution in [0.4, 0.5) is 10.5 Å². The number of anilines is 1. The number of benzene rings is 1. The van der Waals surface area contributed by atoms with Gasteiger partial charge in [-0.15, -0.1) is 0 Å². The standard InChI is InChI=1S/C18H27N3O/c22-18(19-16-8-3-1-4-9-16)21-13-7-12-20(14-15-21)17-10-5-2-6-11-17/h2,5-6,10-11,16H,1,3-4,7-9,12-15H2,(H,19,22). The molecule has 22 heavy (non-hydrogen) atoms. The van der Waals surface area contributed by atoms with Gasteiger partial charge in [-0.2, -0.15) is 0 Å². The van der Waals surface area contributed by atoms with Gasteiger partial charge < -0.3 is 15.1 Å². The fourth-order valence-corrected chi connectivity index (χ4v) is 3.53. The van der Waals surface area contributed by atoms with Gasteiger partial charge in [-0.25, -0.2) is 4.79 Å². The van der Waals surface area contributed by atoms with Crippen LogP contribution >= 0.6 is 0 Å². The van der Waals surface area contributed by atoms with Crippen molar-refractivity contribution in [3.05, 3.63) is 30.3 Å². The van der Waals surface area contributed by atoms with E-state index < -0.39 is 0 Å². The highest BCUT2D eigenvalue weighted by Crippen LogP contribution is 2.19. The fourth-order valence-electron chi connectivity index (χ4n) is 3.53. The molecule has 3 rings (SSSR count). The summed E-state index contributed by atoms with van der Waals surface area (Å²) in [4.78, 5) is 16.8. The third kappa shape index (κ3) is 3.93. The first-order valence-corrected chi connectivity index (χ1v) is 8.68. The number of nitrogens with one attached hydrogen (secondary N) is 1. The van der Waals surface area contributed by atoms with E-state index in [1.54, 1.807) is 0 Å². The molecule has 1 N–H and O–H groups in total. The highest BCUT2D eigenvalue weighted by Gasteiger charge is 2.22. The zero-order chi connectivity index (χ0) is 15.2. The second-order valence-corrected chi connectivity index (χ2v) is 6.45. The minimum Gasteiger partial charge on any atom is -0.370 e. The normalized spacial score (nSPS) is 20.5. The number of carbonyl (C=O) groups excluding carboxylic acids is 1. The van der Waals surface area contributed by atoms with E-state index in [-0.39, 0.29) is 6.03 Å². The van der Waals surface area contributed by atoms with Crippen LogP contribution in [0.5, 0.6) is 0 Å². The van der Waals surface area contributed by atoms with E-state index in [2.05, 4.69) is 34.5 Å². The molecule has 1 saturated carbocycles. The predicted molar refractivity (Wildman–Crippen MR) is 90.2 cm³/mol. The molecule has 1 saturated heterocycles. The van der Waals surface area contributed by atoms with Gasteiger partial charge in [0.15, 0.2) is 0 Å². The minimum atomic E-state index is 0.141. The van der Waals surface area contributed by atoms with Crippen LogP contribution in [-0.4, -0.2) is 43.2 Å². The van der Waals surface area contributed by atoms with E-state index in [4.69, 9.17) is 0 Å². The Morgan fingerprint density at radius 2 is 1.68 bits per heavy atom. The lowest BCUT2D eigenvalue weighted by molar-refractivity contribution is 0.193. The average molecular weight is 301 g/mol. The van der Waals surface area contributed by atoms with E-state index in [1.807, 2.05) is 11.0 Å². The van der Waals surface area contributed by atoms with Crippen molar-refractivity contribution in [1.29, 1.82) is 0 Å². The van der Waals surface area contributed by atoms with Gasteiger partial charge >= 0.3 is 6.03 Å². The molecular formula is C18H27N3O. The first kappa shape index (κ1) is 15.2. The number of para-hydroxylation sites is 1. The molecule has 1 aliphatic carbocycles. The maximum Gasteiger partial charge on any atom is 0.317 e. The van der Waals surface area contributed by atoms with Crippen molar-refractivity contribution in [1.82, 2.24) is 10.2 Å². The molecule has 0 bridgehead atoms. The van der Waals surface area contributed by atoms with Gasteiger partial charge in [0.1, 0.15) is 0 Å². The molecule has 1 aromatic carbocycles. The first-order chi connectivity index (χ1) is 10.8. The Hall–Kier alpha value is -1.71. The summed E-state index contributed by atoms with van der Waals surface area (Å²) in [5, 5.41) is 3.24. The molecule has 120 valence electrons. The van der Waals surface area contributed by atoms with Gasteiger partial charge in [0.05, 0.1) is 0 Å². The van der Waals surface area contributed by atoms with Crippen molar-refractivity contribution in [3.63, 3.8) is 0 Å². The third-order valence-corrected chi connectivity index (χ3v) is 4.84. The molecule has 1 aliphatic heterocycles. The first-order valence-electron chi connectivity index (χ1n) is 8.68. The largest absolute Gasteiger partial charge is 0.370 e. The smallest absolute Gasteiger partial charge is 0.317 e. The Morgan fingerprint density at radius 1 is 0.909 bits per heavy atom. The Morgan fingerprint density at radius 3 is 2.45 bits per heavy atom. The van der Waals surface area contributed by atoms with Crippen LogP contribution in [0.25, 0.3) is 0 Å². The highest BCUT2D eigenvalue weighted by molar-refractivity contribution is 5.74. The second kappa shape index (κ2) is 7.52. The highest BCUT2D eigenvalue weighted by atomic mass is 16.2. The van der Waals surface area contributed by atoms with Crippen molar-refractivity contribution in [3.8, 4) is 0 Å². The van der Waals surface area contributed by atoms with Crippen molar-refractivity contribution in [2.24, 2.45) is 0 Å². The summed E-state index contributed by atoms with van der Waals surface area (Å²) in [7, 11) is 0. The van der Waals surface area contributed by atoms with Gasteiger partial charge in [0, 0.05) is 37.9 Å². The summed E-state index contributed by atoms with van der Waals surface area (Å²) >= 11 is 0. The Labute approximate surface area is 133 Å². The van der Waals surface area contributed by atoms with E-state index in [9.17, 15) is 4.79 Å². The molecule has 2 aliphatic rings. The molecule has 0 atom stereocenters. The summed E-state index contributed by atoms with van der Waals surface area (Å²) in [5.41, 5.74) is 1.26. The summed E-state index contributed by atoms with van der Waals surface area (Å²) < 4.78 is 0. The summed E-state index contributed by atoms with van der Waals surface area (Å²) in [6, 6.07) is 11.0. The number of urea groups is 1. The third-order valence-electron chi connectivity index (χ3n) is 4.84. The van der Waals surface area contributed by atoms with Crippen LogP contribution in [-0.2, 0) is 0 Å². The van der Waals surface area contributed by atoms with Crippen molar-refractivity contribution in [2.45, 2.75) is 44.6 Å². The molecule has 0 radical (unpaired) electrons. The molecule has 2 amide bonds. The lowest BCUT2D eigenvalue weighted by Gasteiger charge is -2.28. The number of carbonyl (C=O) groups is 1. The van der Waals surface area contributed by atoms with Gasteiger partial charge in [-0.1, -0.05) is 37.5 Å². The van der Waals surface area contributed by atoms with Crippen LogP contribution < -0.4 is 10.2 Å². The maximum absolute atomic E-state index is 12.5. The quantitative estimate of drug-likeness (QED) is 0.910.